The second kappa shape index (κ2) is 15.7. The fraction of sp³-hybridized carbons (Fsp3) is 0.633. The number of benzene rings is 1. The van der Waals surface area contributed by atoms with Crippen LogP contribution in [0.25, 0.3) is 0 Å². The minimum atomic E-state index is -4.58. The minimum Gasteiger partial charge on any atom is -0.370 e. The molecule has 2 aliphatic carbocycles. The summed E-state index contributed by atoms with van der Waals surface area (Å²) >= 11 is 0. The van der Waals surface area contributed by atoms with E-state index in [1.54, 1.807) is 13.8 Å². The van der Waals surface area contributed by atoms with Gasteiger partial charge in [-0.1, -0.05) is 59.3 Å². The van der Waals surface area contributed by atoms with Gasteiger partial charge in [0.1, 0.15) is 12.2 Å². The maximum Gasteiger partial charge on any atom is 0.433 e. The molecule has 0 radical (unpaired) electrons. The second-order valence-electron chi connectivity index (χ2n) is 11.1. The standard InChI is InChI=1S/C21H22F4N3O.C6H12.C3H7NO.Cr/c1-12-7-15(9-16(22)8-12)20-13(2)5-6-27(20)19(29)11-28-18(21(23,24)25)10-17(26-28)14-3-4-14;1-2-4-6-5-3-1;1-2-3(4)5;/h8-10,13-14,20H,3-6,11H2,1-2H3;1-6H2;2H2,1H3,(H2,4,5);/q-1;;;/t13-,20+;;;/m1.../s1. The number of nitrogens with zero attached hydrogens (tertiary/aromatic N) is 3. The molecule has 6 nitrogen and oxygen atoms in total. The predicted octanol–water partition coefficient (Wildman–Crippen LogP) is 6.86. The van der Waals surface area contributed by atoms with E-state index in [1.165, 1.54) is 55.6 Å². The fourth-order valence-corrected chi connectivity index (χ4v) is 5.20. The van der Waals surface area contributed by atoms with Crippen molar-refractivity contribution in [2.75, 3.05) is 6.54 Å². The van der Waals surface area contributed by atoms with Gasteiger partial charge in [0.2, 0.25) is 11.8 Å². The Morgan fingerprint density at radius 2 is 1.61 bits per heavy atom. The zero-order valence-corrected chi connectivity index (χ0v) is 25.4. The van der Waals surface area contributed by atoms with Crippen LogP contribution in [0.15, 0.2) is 18.2 Å². The van der Waals surface area contributed by atoms with E-state index in [9.17, 15) is 27.2 Å². The van der Waals surface area contributed by atoms with Crippen LogP contribution in [0.4, 0.5) is 17.6 Å². The molecule has 0 spiro atoms. The van der Waals surface area contributed by atoms with Crippen molar-refractivity contribution in [1.82, 2.24) is 14.7 Å². The summed E-state index contributed by atoms with van der Waals surface area (Å²) in [5.41, 5.74) is 5.32. The number of nitrogens with two attached hydrogens (primary N) is 1. The third-order valence-electron chi connectivity index (χ3n) is 7.55. The third kappa shape index (κ3) is 10.4. The quantitative estimate of drug-likeness (QED) is 0.294. The number of likely N-dealkylation sites (tertiary alicyclic amines) is 1. The average Bonchev–Trinajstić information content (AvgIpc) is 3.54. The zero-order valence-electron chi connectivity index (χ0n) is 24.1. The number of carbonyl (C=O) groups excluding carboxylic acids is 2. The summed E-state index contributed by atoms with van der Waals surface area (Å²) in [6.45, 7) is 5.32. The topological polar surface area (TPSA) is 81.2 Å². The molecule has 2 heterocycles. The molecule has 11 heteroatoms. The molecule has 2 atom stereocenters. The van der Waals surface area contributed by atoms with Crippen molar-refractivity contribution in [3.8, 4) is 0 Å². The summed E-state index contributed by atoms with van der Waals surface area (Å²) in [5.74, 6) is -1.01. The molecule has 0 unspecified atom stereocenters. The van der Waals surface area contributed by atoms with E-state index in [0.29, 0.717) is 36.2 Å². The monoisotopic (exact) mass is 617 g/mol. The van der Waals surface area contributed by atoms with Gasteiger partial charge in [-0.3, -0.25) is 14.3 Å². The fourth-order valence-electron chi connectivity index (χ4n) is 5.20. The Bertz CT molecular complexity index is 1110. The third-order valence-corrected chi connectivity index (χ3v) is 7.55. The van der Waals surface area contributed by atoms with Gasteiger partial charge in [0.15, 0.2) is 0 Å². The van der Waals surface area contributed by atoms with Gasteiger partial charge in [0, 0.05) is 48.1 Å². The van der Waals surface area contributed by atoms with Crippen molar-refractivity contribution >= 4 is 11.8 Å². The molecule has 1 aliphatic heterocycles. The summed E-state index contributed by atoms with van der Waals surface area (Å²) in [5, 5.41) is 4.08. The number of alkyl halides is 3. The Balaban J connectivity index is 0.000000413. The summed E-state index contributed by atoms with van der Waals surface area (Å²) in [6, 6.07) is 6.44. The van der Waals surface area contributed by atoms with Gasteiger partial charge in [-0.05, 0) is 31.2 Å². The first-order valence-electron chi connectivity index (χ1n) is 14.3. The molecule has 5 rings (SSSR count). The van der Waals surface area contributed by atoms with Crippen molar-refractivity contribution in [3.05, 3.63) is 52.6 Å². The molecule has 2 amide bonds. The molecule has 2 saturated carbocycles. The van der Waals surface area contributed by atoms with E-state index < -0.39 is 36.2 Å². The largest absolute Gasteiger partial charge is 0.433 e. The van der Waals surface area contributed by atoms with E-state index in [4.69, 9.17) is 0 Å². The Kier molecular flexibility index (Phi) is 13.4. The van der Waals surface area contributed by atoms with Gasteiger partial charge in [0.05, 0.1) is 5.69 Å². The van der Waals surface area contributed by atoms with E-state index in [1.807, 2.05) is 6.92 Å². The van der Waals surface area contributed by atoms with Gasteiger partial charge < -0.3 is 10.6 Å². The van der Waals surface area contributed by atoms with Crippen LogP contribution < -0.4 is 5.73 Å². The van der Waals surface area contributed by atoms with Crippen LogP contribution in [0, 0.1) is 24.7 Å². The minimum absolute atomic E-state index is 0. The van der Waals surface area contributed by atoms with Crippen LogP contribution in [-0.2, 0) is 39.7 Å². The van der Waals surface area contributed by atoms with Crippen LogP contribution in [0.1, 0.15) is 113 Å². The molecule has 2 aromatic rings. The van der Waals surface area contributed by atoms with Crippen molar-refractivity contribution in [3.63, 3.8) is 0 Å². The number of aryl methyl sites for hydroxylation is 1. The van der Waals surface area contributed by atoms with Crippen molar-refractivity contribution in [2.45, 2.75) is 110 Å². The van der Waals surface area contributed by atoms with Crippen molar-refractivity contribution < 1.29 is 44.5 Å². The van der Waals surface area contributed by atoms with Gasteiger partial charge in [0.25, 0.3) is 0 Å². The Hall–Kier alpha value is -2.38. The normalized spacial score (nSPS) is 20.2. The molecule has 1 aromatic carbocycles. The molecule has 3 fully saturated rings. The number of rotatable bonds is 5. The van der Waals surface area contributed by atoms with Gasteiger partial charge in [-0.15, -0.1) is 17.7 Å². The van der Waals surface area contributed by atoms with Crippen LogP contribution in [-0.4, -0.2) is 33.0 Å². The number of amides is 2. The van der Waals surface area contributed by atoms with Gasteiger partial charge in [-0.2, -0.15) is 29.9 Å². The van der Waals surface area contributed by atoms with Gasteiger partial charge in [-0.25, -0.2) is 4.39 Å². The number of halogens is 4. The summed E-state index contributed by atoms with van der Waals surface area (Å²) < 4.78 is 55.0. The zero-order chi connectivity index (χ0) is 29.4. The SMILES string of the molecule is C1CCCCC1.CCC(N)=O.Cc1[c-]c([C@@H]2[C@H](C)CCN2C(=O)Cn2nc(C3CC3)cc2C(F)(F)F)cc(F)c1.[Cr]. The summed E-state index contributed by atoms with van der Waals surface area (Å²) in [6.07, 6.45) is 7.20. The molecule has 2 N–H and O–H groups in total. The number of hydrogen-bond acceptors (Lipinski definition) is 3. The number of aromatic nitrogens is 2. The van der Waals surface area contributed by atoms with Crippen LogP contribution >= 0.6 is 0 Å². The second-order valence-corrected chi connectivity index (χ2v) is 11.1. The smallest absolute Gasteiger partial charge is 0.370 e. The average molecular weight is 618 g/mol. The number of primary amides is 1. The summed E-state index contributed by atoms with van der Waals surface area (Å²) in [7, 11) is 0. The predicted molar refractivity (Wildman–Crippen MR) is 145 cm³/mol. The molecular formula is C30H41CrF4N4O2-. The number of carbonyl (C=O) groups is 2. The maximum atomic E-state index is 13.9. The first-order valence-corrected chi connectivity index (χ1v) is 14.3. The van der Waals surface area contributed by atoms with E-state index in [2.05, 4.69) is 16.9 Å². The van der Waals surface area contributed by atoms with Crippen LogP contribution in [0.2, 0.25) is 0 Å². The van der Waals surface area contributed by atoms with E-state index in [0.717, 1.165) is 23.6 Å². The first kappa shape index (κ1) is 34.8. The summed E-state index contributed by atoms with van der Waals surface area (Å²) in [4.78, 5) is 24.1. The Labute approximate surface area is 251 Å². The van der Waals surface area contributed by atoms with Crippen LogP contribution in [0.5, 0.6) is 0 Å². The molecule has 228 valence electrons. The van der Waals surface area contributed by atoms with Crippen LogP contribution in [0.3, 0.4) is 0 Å². The molecule has 3 aliphatic rings. The molecule has 0 bridgehead atoms. The maximum absolute atomic E-state index is 13.9. The molecular weight excluding hydrogens is 576 g/mol. The van der Waals surface area contributed by atoms with Crippen molar-refractivity contribution in [1.29, 1.82) is 0 Å². The molecule has 1 aromatic heterocycles. The first-order chi connectivity index (χ1) is 18.9. The molecule has 41 heavy (non-hydrogen) atoms. The van der Waals surface area contributed by atoms with E-state index in [-0.39, 0.29) is 35.1 Å². The Morgan fingerprint density at radius 3 is 2.07 bits per heavy atom. The Morgan fingerprint density at radius 1 is 1.05 bits per heavy atom. The van der Waals surface area contributed by atoms with Gasteiger partial charge >= 0.3 is 6.18 Å². The van der Waals surface area contributed by atoms with E-state index >= 15 is 0 Å². The van der Waals surface area contributed by atoms with Crippen molar-refractivity contribution in [2.24, 2.45) is 11.7 Å². The number of hydrogen-bond donors (Lipinski definition) is 1. The molecule has 1 saturated heterocycles.